The van der Waals surface area contributed by atoms with Crippen molar-refractivity contribution < 1.29 is 4.79 Å². The minimum absolute atomic E-state index is 0.0235. The fourth-order valence-electron chi connectivity index (χ4n) is 3.41. The van der Waals surface area contributed by atoms with Crippen LogP contribution < -0.4 is 5.32 Å². The van der Waals surface area contributed by atoms with Crippen LogP contribution in [0.4, 0.5) is 0 Å². The van der Waals surface area contributed by atoms with Gasteiger partial charge in [0.05, 0.1) is 12.6 Å². The number of hydrogen-bond acceptors (Lipinski definition) is 3. The predicted molar refractivity (Wildman–Crippen MR) is 112 cm³/mol. The second kappa shape index (κ2) is 9.53. The third-order valence-electron chi connectivity index (χ3n) is 4.86. The van der Waals surface area contributed by atoms with Gasteiger partial charge in [-0.25, -0.2) is 0 Å². The van der Waals surface area contributed by atoms with E-state index in [0.29, 0.717) is 12.2 Å². The minimum Gasteiger partial charge on any atom is -0.349 e. The topological polar surface area (TPSA) is 37.3 Å². The summed E-state index contributed by atoms with van der Waals surface area (Å²) in [4.78, 5) is 16.5. The molecule has 1 N–H and O–H groups in total. The van der Waals surface area contributed by atoms with E-state index in [4.69, 9.17) is 0 Å². The number of benzene rings is 1. The Morgan fingerprint density at radius 1 is 1.07 bits per heavy atom. The molecule has 2 heterocycles. The number of amides is 1. The Hall–Kier alpha value is -2.37. The first kappa shape index (κ1) is 19.4. The lowest BCUT2D eigenvalue weighted by Crippen LogP contribution is -2.38. The first-order chi connectivity index (χ1) is 13.2. The van der Waals surface area contributed by atoms with Crippen molar-refractivity contribution in [3.63, 3.8) is 0 Å². The van der Waals surface area contributed by atoms with Crippen LogP contribution in [0.1, 0.15) is 40.8 Å². The second-order valence-corrected chi connectivity index (χ2v) is 7.49. The molecular formula is C22H27N3OS. The van der Waals surface area contributed by atoms with Crippen molar-refractivity contribution >= 4 is 17.2 Å². The predicted octanol–water partition coefficient (Wildman–Crippen LogP) is 4.41. The van der Waals surface area contributed by atoms with Crippen LogP contribution in [0.5, 0.6) is 0 Å². The van der Waals surface area contributed by atoms with E-state index in [1.54, 1.807) is 11.3 Å². The quantitative estimate of drug-likeness (QED) is 0.596. The number of nitrogens with zero attached hydrogens (tertiary/aromatic N) is 2. The van der Waals surface area contributed by atoms with Gasteiger partial charge in [0.1, 0.15) is 5.69 Å². The zero-order chi connectivity index (χ0) is 19.1. The molecule has 0 saturated heterocycles. The molecule has 1 unspecified atom stereocenters. The van der Waals surface area contributed by atoms with Crippen molar-refractivity contribution in [1.29, 1.82) is 0 Å². The van der Waals surface area contributed by atoms with E-state index in [1.807, 2.05) is 35.0 Å². The summed E-state index contributed by atoms with van der Waals surface area (Å²) in [6.45, 7) is 7.53. The van der Waals surface area contributed by atoms with Crippen molar-refractivity contribution in [2.75, 3.05) is 19.6 Å². The van der Waals surface area contributed by atoms with Crippen LogP contribution >= 0.6 is 11.3 Å². The first-order valence-corrected chi connectivity index (χ1v) is 10.4. The van der Waals surface area contributed by atoms with E-state index >= 15 is 0 Å². The third kappa shape index (κ3) is 4.87. The van der Waals surface area contributed by atoms with E-state index in [2.05, 4.69) is 59.8 Å². The molecule has 27 heavy (non-hydrogen) atoms. The maximum atomic E-state index is 12.8. The first-order valence-electron chi connectivity index (χ1n) is 9.47. The second-order valence-electron chi connectivity index (χ2n) is 6.46. The molecule has 0 fully saturated rings. The molecule has 5 heteroatoms. The van der Waals surface area contributed by atoms with Crippen molar-refractivity contribution in [3.05, 3.63) is 82.3 Å². The summed E-state index contributed by atoms with van der Waals surface area (Å²) in [5, 5.41) is 5.22. The molecule has 4 nitrogen and oxygen atoms in total. The molecule has 142 valence electrons. The maximum absolute atomic E-state index is 12.8. The number of aromatic nitrogens is 1. The molecule has 0 saturated carbocycles. The van der Waals surface area contributed by atoms with Gasteiger partial charge in [-0.05, 0) is 42.2 Å². The lowest BCUT2D eigenvalue weighted by atomic mass is 10.1. The van der Waals surface area contributed by atoms with Crippen LogP contribution in [0.15, 0.2) is 66.2 Å². The molecule has 0 aliphatic carbocycles. The van der Waals surface area contributed by atoms with Crippen LogP contribution in [-0.2, 0) is 6.54 Å². The van der Waals surface area contributed by atoms with Crippen molar-refractivity contribution in [1.82, 2.24) is 14.8 Å². The summed E-state index contributed by atoms with van der Waals surface area (Å²) < 4.78 is 2.01. The van der Waals surface area contributed by atoms with E-state index in [0.717, 1.165) is 19.6 Å². The van der Waals surface area contributed by atoms with E-state index in [-0.39, 0.29) is 11.9 Å². The Labute approximate surface area is 165 Å². The standard InChI is InChI=1S/C22H27N3OS/c1-3-24(4-2)21(18-10-6-5-7-11-18)16-23-22(26)20-13-8-14-25(20)17-19-12-9-15-27-19/h5-15,21H,3-4,16-17H2,1-2H3,(H,23,26). The number of likely N-dealkylation sites (N-methyl/N-ethyl adjacent to an activating group) is 1. The molecular weight excluding hydrogens is 354 g/mol. The fourth-order valence-corrected chi connectivity index (χ4v) is 4.11. The molecule has 2 aromatic heterocycles. The maximum Gasteiger partial charge on any atom is 0.267 e. The third-order valence-corrected chi connectivity index (χ3v) is 5.72. The van der Waals surface area contributed by atoms with Gasteiger partial charge < -0.3 is 9.88 Å². The monoisotopic (exact) mass is 381 g/mol. The number of carbonyl (C=O) groups excluding carboxylic acids is 1. The highest BCUT2D eigenvalue weighted by atomic mass is 32.1. The summed E-state index contributed by atoms with van der Waals surface area (Å²) >= 11 is 1.71. The van der Waals surface area contributed by atoms with Crippen molar-refractivity contribution in [2.24, 2.45) is 0 Å². The molecule has 0 radical (unpaired) electrons. The van der Waals surface area contributed by atoms with Gasteiger partial charge in [-0.15, -0.1) is 11.3 Å². The average molecular weight is 382 g/mol. The smallest absolute Gasteiger partial charge is 0.267 e. The SMILES string of the molecule is CCN(CC)C(CNC(=O)c1cccn1Cc1cccs1)c1ccccc1. The molecule has 0 aliphatic heterocycles. The normalized spacial score (nSPS) is 12.3. The number of nitrogens with one attached hydrogen (secondary N) is 1. The van der Waals surface area contributed by atoms with Crippen LogP contribution in [0.2, 0.25) is 0 Å². The Morgan fingerprint density at radius 3 is 2.52 bits per heavy atom. The molecule has 1 amide bonds. The summed E-state index contributed by atoms with van der Waals surface area (Å²) in [6.07, 6.45) is 1.97. The summed E-state index contributed by atoms with van der Waals surface area (Å²) in [5.41, 5.74) is 1.94. The van der Waals surface area contributed by atoms with E-state index < -0.39 is 0 Å². The van der Waals surface area contributed by atoms with Gasteiger partial charge in [-0.3, -0.25) is 9.69 Å². The lowest BCUT2D eigenvalue weighted by Gasteiger charge is -2.30. The molecule has 0 bridgehead atoms. The molecule has 1 atom stereocenters. The number of carbonyl (C=O) groups is 1. The molecule has 0 aliphatic rings. The summed E-state index contributed by atoms with van der Waals surface area (Å²) in [5.74, 6) is -0.0235. The zero-order valence-corrected chi connectivity index (χ0v) is 16.8. The van der Waals surface area contributed by atoms with Crippen molar-refractivity contribution in [3.8, 4) is 0 Å². The average Bonchev–Trinajstić information content (AvgIpc) is 3.38. The van der Waals surface area contributed by atoms with Gasteiger partial charge in [-0.2, -0.15) is 0 Å². The number of hydrogen-bond donors (Lipinski definition) is 1. The number of thiophene rings is 1. The van der Waals surface area contributed by atoms with Crippen LogP contribution in [0, 0.1) is 0 Å². The van der Waals surface area contributed by atoms with Gasteiger partial charge in [0.2, 0.25) is 0 Å². The molecule has 1 aromatic carbocycles. The Kier molecular flexibility index (Phi) is 6.85. The molecule has 3 rings (SSSR count). The Bertz CT molecular complexity index is 822. The van der Waals surface area contributed by atoms with Crippen LogP contribution in [-0.4, -0.2) is 35.0 Å². The molecule has 0 spiro atoms. The number of rotatable bonds is 9. The van der Waals surface area contributed by atoms with Gasteiger partial charge >= 0.3 is 0 Å². The zero-order valence-electron chi connectivity index (χ0n) is 16.0. The molecule has 3 aromatic rings. The highest BCUT2D eigenvalue weighted by molar-refractivity contribution is 7.09. The van der Waals surface area contributed by atoms with Gasteiger partial charge in [0, 0.05) is 17.6 Å². The highest BCUT2D eigenvalue weighted by Gasteiger charge is 2.20. The fraction of sp³-hybridized carbons (Fsp3) is 0.318. The van der Waals surface area contributed by atoms with E-state index in [9.17, 15) is 4.79 Å². The highest BCUT2D eigenvalue weighted by Crippen LogP contribution is 2.20. The van der Waals surface area contributed by atoms with E-state index in [1.165, 1.54) is 10.4 Å². The summed E-state index contributed by atoms with van der Waals surface area (Å²) in [7, 11) is 0. The lowest BCUT2D eigenvalue weighted by molar-refractivity contribution is 0.0926. The minimum atomic E-state index is -0.0235. The Morgan fingerprint density at radius 2 is 1.85 bits per heavy atom. The van der Waals surface area contributed by atoms with Gasteiger partial charge in [0.15, 0.2) is 0 Å². The van der Waals surface area contributed by atoms with Crippen molar-refractivity contribution in [2.45, 2.75) is 26.4 Å². The largest absolute Gasteiger partial charge is 0.349 e. The Balaban J connectivity index is 1.70. The summed E-state index contributed by atoms with van der Waals surface area (Å²) in [6, 6.07) is 18.5. The van der Waals surface area contributed by atoms with Crippen LogP contribution in [0.25, 0.3) is 0 Å². The van der Waals surface area contributed by atoms with Crippen LogP contribution in [0.3, 0.4) is 0 Å². The van der Waals surface area contributed by atoms with Gasteiger partial charge in [-0.1, -0.05) is 50.2 Å². The van der Waals surface area contributed by atoms with Gasteiger partial charge in [0.25, 0.3) is 5.91 Å².